The first-order valence-electron chi connectivity index (χ1n) is 8.82. The third kappa shape index (κ3) is 5.66. The Morgan fingerprint density at radius 2 is 0.879 bits per heavy atom. The topological polar surface area (TPSA) is 58.9 Å². The zero-order valence-electron chi connectivity index (χ0n) is 16.1. The van der Waals surface area contributed by atoms with E-state index in [2.05, 4.69) is 63.7 Å². The molecule has 2 N–H and O–H groups in total. The maximum absolute atomic E-state index is 14.5. The molecule has 0 saturated carbocycles. The summed E-state index contributed by atoms with van der Waals surface area (Å²) in [5, 5.41) is 17.8. The van der Waals surface area contributed by atoms with Crippen molar-refractivity contribution in [1.82, 2.24) is 0 Å². The molecule has 14 heteroatoms. The third-order valence-corrected chi connectivity index (χ3v) is 6.74. The van der Waals surface area contributed by atoms with Crippen LogP contribution in [0.1, 0.15) is 11.1 Å². The molecule has 33 heavy (non-hydrogen) atoms. The first-order valence-corrected chi connectivity index (χ1v) is 12.0. The van der Waals surface area contributed by atoms with Gasteiger partial charge in [-0.25, -0.2) is 0 Å². The second-order valence-electron chi connectivity index (χ2n) is 6.43. The van der Waals surface area contributed by atoms with Crippen molar-refractivity contribution in [3.63, 3.8) is 0 Å². The Morgan fingerprint density at radius 1 is 0.606 bits per heavy atom. The van der Waals surface area contributed by atoms with Gasteiger partial charge in [0.15, 0.2) is 0 Å². The first-order chi connectivity index (χ1) is 15.2. The van der Waals surface area contributed by atoms with Crippen LogP contribution in [0, 0.1) is 0 Å². The first kappa shape index (κ1) is 28.7. The van der Waals surface area contributed by atoms with Crippen LogP contribution in [0.3, 0.4) is 0 Å². The van der Waals surface area contributed by atoms with Gasteiger partial charge in [0.1, 0.15) is 24.7 Å². The van der Waals surface area contributed by atoms with Crippen LogP contribution < -0.4 is 9.47 Å². The summed E-state index contributed by atoms with van der Waals surface area (Å²) in [6.45, 7) is -1.28. The Balaban J connectivity index is 2.89. The number of benzene rings is 2. The lowest BCUT2D eigenvalue weighted by Gasteiger charge is -2.39. The molecule has 0 spiro atoms. The Labute approximate surface area is 217 Å². The van der Waals surface area contributed by atoms with Crippen molar-refractivity contribution in [2.24, 2.45) is 0 Å². The summed E-state index contributed by atoms with van der Waals surface area (Å²) in [4.78, 5) is 0. The van der Waals surface area contributed by atoms with E-state index in [1.54, 1.807) is 0 Å². The van der Waals surface area contributed by atoms with Crippen LogP contribution in [0.25, 0.3) is 0 Å². The molecule has 0 heterocycles. The summed E-state index contributed by atoms with van der Waals surface area (Å²) >= 11 is 11.8. The highest BCUT2D eigenvalue weighted by Gasteiger charge is 2.72. The molecular weight excluding hydrogens is 726 g/mol. The minimum Gasteiger partial charge on any atom is -0.489 e. The van der Waals surface area contributed by atoms with Gasteiger partial charge in [0.25, 0.3) is 0 Å². The largest absolute Gasteiger partial charge is 0.489 e. The van der Waals surface area contributed by atoms with Crippen molar-refractivity contribution < 1.29 is 46.0 Å². The van der Waals surface area contributed by atoms with Crippen molar-refractivity contribution in [3.8, 4) is 11.5 Å². The fourth-order valence-electron chi connectivity index (χ4n) is 3.11. The van der Waals surface area contributed by atoms with Crippen molar-refractivity contribution in [1.29, 1.82) is 0 Å². The molecule has 0 atom stereocenters. The standard InChI is InChI=1S/C19H14Br4F6O4/c20-11-5-9(6-12(21)15(11)32-3-1-30)17(18(24,25)26,19(27,28)29)10-7-13(22)16(14(23)8-10)33-4-2-31/h5-8,30-31H,1-4H2. The summed E-state index contributed by atoms with van der Waals surface area (Å²) in [6, 6.07) is 2.71. The Morgan fingerprint density at radius 3 is 1.09 bits per heavy atom. The summed E-state index contributed by atoms with van der Waals surface area (Å²) in [5.74, 6) is -0.137. The predicted octanol–water partition coefficient (Wildman–Crippen LogP) is 6.89. The van der Waals surface area contributed by atoms with E-state index in [0.717, 1.165) is 0 Å². The summed E-state index contributed by atoms with van der Waals surface area (Å²) in [5.41, 5.74) is -6.68. The molecule has 4 nitrogen and oxygen atoms in total. The number of aliphatic hydroxyl groups excluding tert-OH is 2. The Kier molecular flexibility index (Phi) is 9.58. The van der Waals surface area contributed by atoms with E-state index in [4.69, 9.17) is 19.7 Å². The number of aliphatic hydroxyl groups is 2. The van der Waals surface area contributed by atoms with E-state index in [-0.39, 0.29) is 42.6 Å². The predicted molar refractivity (Wildman–Crippen MR) is 122 cm³/mol. The minimum absolute atomic E-state index is 0.0684. The highest BCUT2D eigenvalue weighted by Crippen LogP contribution is 2.58. The number of rotatable bonds is 8. The van der Waals surface area contributed by atoms with Crippen molar-refractivity contribution in [3.05, 3.63) is 53.3 Å². The monoisotopic (exact) mass is 736 g/mol. The molecule has 0 fully saturated rings. The second-order valence-corrected chi connectivity index (χ2v) is 9.85. The van der Waals surface area contributed by atoms with Crippen molar-refractivity contribution in [2.75, 3.05) is 26.4 Å². The molecule has 0 aliphatic heterocycles. The fraction of sp³-hybridized carbons (Fsp3) is 0.368. The molecule has 0 unspecified atom stereocenters. The van der Waals surface area contributed by atoms with Gasteiger partial charge in [-0.1, -0.05) is 0 Å². The molecule has 0 amide bonds. The third-order valence-electron chi connectivity index (χ3n) is 4.39. The van der Waals surface area contributed by atoms with Crippen LogP contribution in [-0.2, 0) is 5.41 Å². The smallest absolute Gasteiger partial charge is 0.411 e. The lowest BCUT2D eigenvalue weighted by Crippen LogP contribution is -2.54. The minimum atomic E-state index is -5.82. The fourth-order valence-corrected chi connectivity index (χ4v) is 5.94. The molecule has 0 aliphatic carbocycles. The quantitative estimate of drug-likeness (QED) is 0.290. The van der Waals surface area contributed by atoms with Gasteiger partial charge in [0.2, 0.25) is 5.41 Å². The number of ether oxygens (including phenoxy) is 2. The lowest BCUT2D eigenvalue weighted by molar-refractivity contribution is -0.288. The van der Waals surface area contributed by atoms with E-state index >= 15 is 0 Å². The van der Waals surface area contributed by atoms with E-state index in [1.165, 1.54) is 0 Å². The average molecular weight is 740 g/mol. The molecule has 0 radical (unpaired) electrons. The second kappa shape index (κ2) is 11.0. The Bertz CT molecular complexity index is 872. The van der Waals surface area contributed by atoms with Gasteiger partial charge in [-0.2, -0.15) is 26.3 Å². The van der Waals surface area contributed by atoms with Gasteiger partial charge in [-0.3, -0.25) is 0 Å². The van der Waals surface area contributed by atoms with Crippen LogP contribution in [-0.4, -0.2) is 49.0 Å². The zero-order chi connectivity index (χ0) is 25.2. The molecule has 0 bridgehead atoms. The van der Waals surface area contributed by atoms with Crippen LogP contribution >= 0.6 is 63.7 Å². The van der Waals surface area contributed by atoms with Crippen LogP contribution in [0.5, 0.6) is 11.5 Å². The Hall–Kier alpha value is -0.540. The van der Waals surface area contributed by atoms with Gasteiger partial charge in [0.05, 0.1) is 31.1 Å². The highest BCUT2D eigenvalue weighted by molar-refractivity contribution is 9.11. The highest BCUT2D eigenvalue weighted by atomic mass is 79.9. The maximum Gasteiger partial charge on any atom is 0.411 e. The number of hydrogen-bond acceptors (Lipinski definition) is 4. The molecule has 2 aromatic rings. The van der Waals surface area contributed by atoms with Crippen LogP contribution in [0.2, 0.25) is 0 Å². The number of halogens is 10. The summed E-state index contributed by atoms with van der Waals surface area (Å²) in [6.07, 6.45) is -11.6. The van der Waals surface area contributed by atoms with Gasteiger partial charge < -0.3 is 19.7 Å². The van der Waals surface area contributed by atoms with E-state index in [1.807, 2.05) is 0 Å². The molecule has 0 aromatic heterocycles. The van der Waals surface area contributed by atoms with Crippen LogP contribution in [0.4, 0.5) is 26.3 Å². The van der Waals surface area contributed by atoms with Gasteiger partial charge >= 0.3 is 12.4 Å². The molecule has 2 rings (SSSR count). The van der Waals surface area contributed by atoms with E-state index in [9.17, 15) is 26.3 Å². The van der Waals surface area contributed by atoms with Gasteiger partial charge in [-0.15, -0.1) is 0 Å². The SMILES string of the molecule is OCCOc1c(Br)cc(C(c2cc(Br)c(OCCO)c(Br)c2)(C(F)(F)F)C(F)(F)F)cc1Br. The molecular formula is C19H14Br4F6O4. The van der Waals surface area contributed by atoms with Gasteiger partial charge in [0, 0.05) is 0 Å². The summed E-state index contributed by atoms with van der Waals surface area (Å²) < 4.78 is 96.5. The molecule has 2 aromatic carbocycles. The number of hydrogen-bond donors (Lipinski definition) is 2. The van der Waals surface area contributed by atoms with Crippen LogP contribution in [0.15, 0.2) is 42.2 Å². The van der Waals surface area contributed by atoms with Gasteiger partial charge in [-0.05, 0) is 99.1 Å². The normalized spacial score (nSPS) is 12.7. The maximum atomic E-state index is 14.5. The zero-order valence-corrected chi connectivity index (χ0v) is 22.5. The number of alkyl halides is 6. The molecule has 184 valence electrons. The summed E-state index contributed by atoms with van der Waals surface area (Å²) in [7, 11) is 0. The molecule has 0 aliphatic rings. The molecule has 0 saturated heterocycles. The lowest BCUT2D eigenvalue weighted by atomic mass is 9.73. The van der Waals surface area contributed by atoms with E-state index < -0.39 is 42.1 Å². The average Bonchev–Trinajstić information content (AvgIpc) is 2.65. The van der Waals surface area contributed by atoms with Crippen molar-refractivity contribution >= 4 is 63.7 Å². The van der Waals surface area contributed by atoms with Crippen molar-refractivity contribution in [2.45, 2.75) is 17.8 Å². The van der Waals surface area contributed by atoms with E-state index in [0.29, 0.717) is 24.3 Å².